The summed E-state index contributed by atoms with van der Waals surface area (Å²) >= 11 is 0. The molecule has 4 saturated carbocycles. The molecule has 0 radical (unpaired) electrons. The summed E-state index contributed by atoms with van der Waals surface area (Å²) in [5.41, 5.74) is 0.487. The monoisotopic (exact) mass is 249 g/mol. The van der Waals surface area contributed by atoms with Gasteiger partial charge in [-0.05, 0) is 67.6 Å². The summed E-state index contributed by atoms with van der Waals surface area (Å²) in [4.78, 5) is 11.8. The van der Waals surface area contributed by atoms with Gasteiger partial charge < -0.3 is 5.32 Å². The summed E-state index contributed by atoms with van der Waals surface area (Å²) in [5, 5.41) is 3.23. The number of nitrogens with one attached hydrogen (secondary N) is 1. The van der Waals surface area contributed by atoms with Crippen LogP contribution in [0.3, 0.4) is 0 Å². The van der Waals surface area contributed by atoms with Crippen LogP contribution in [-0.4, -0.2) is 12.5 Å². The van der Waals surface area contributed by atoms with Crippen LogP contribution in [0.2, 0.25) is 0 Å². The van der Waals surface area contributed by atoms with Crippen LogP contribution in [-0.2, 0) is 4.79 Å². The molecule has 4 rings (SSSR count). The van der Waals surface area contributed by atoms with E-state index in [1.165, 1.54) is 38.5 Å². The maximum absolute atomic E-state index is 11.8. The maximum Gasteiger partial charge on any atom is 0.220 e. The Hall–Kier alpha value is -0.530. The molecule has 102 valence electrons. The van der Waals surface area contributed by atoms with Crippen molar-refractivity contribution in [3.8, 4) is 0 Å². The fourth-order valence-corrected chi connectivity index (χ4v) is 5.24. The Labute approximate surface area is 111 Å². The number of hydrogen-bond acceptors (Lipinski definition) is 1. The Morgan fingerprint density at radius 1 is 1.11 bits per heavy atom. The Balaban J connectivity index is 1.57. The molecule has 1 amide bonds. The molecule has 0 unspecified atom stereocenters. The van der Waals surface area contributed by atoms with E-state index in [-0.39, 0.29) is 5.91 Å². The summed E-state index contributed by atoms with van der Waals surface area (Å²) in [6.45, 7) is 5.19. The minimum absolute atomic E-state index is 0.265. The Bertz CT molecular complexity index is 299. The molecule has 4 aliphatic rings. The molecule has 0 saturated heterocycles. The van der Waals surface area contributed by atoms with Crippen LogP contribution in [0, 0.1) is 29.1 Å². The van der Waals surface area contributed by atoms with Crippen molar-refractivity contribution in [3.05, 3.63) is 0 Å². The number of hydrogen-bond donors (Lipinski definition) is 1. The van der Waals surface area contributed by atoms with Gasteiger partial charge in [0.2, 0.25) is 5.91 Å². The fourth-order valence-electron chi connectivity index (χ4n) is 5.24. The van der Waals surface area contributed by atoms with E-state index in [0.29, 0.717) is 17.8 Å². The van der Waals surface area contributed by atoms with Gasteiger partial charge in [0, 0.05) is 13.0 Å². The van der Waals surface area contributed by atoms with E-state index in [1.54, 1.807) is 0 Å². The van der Waals surface area contributed by atoms with Gasteiger partial charge in [-0.2, -0.15) is 0 Å². The van der Waals surface area contributed by atoms with Crippen molar-refractivity contribution in [1.82, 2.24) is 5.32 Å². The molecule has 4 bridgehead atoms. The predicted molar refractivity (Wildman–Crippen MR) is 73.1 cm³/mol. The number of rotatable bonds is 4. The third-order valence-electron chi connectivity index (χ3n) is 5.42. The molecule has 18 heavy (non-hydrogen) atoms. The first-order valence-corrected chi connectivity index (χ1v) is 7.81. The quantitative estimate of drug-likeness (QED) is 0.813. The normalized spacial score (nSPS) is 41.4. The van der Waals surface area contributed by atoms with Crippen molar-refractivity contribution < 1.29 is 4.79 Å². The van der Waals surface area contributed by atoms with Crippen molar-refractivity contribution in [2.45, 2.75) is 58.8 Å². The van der Waals surface area contributed by atoms with Gasteiger partial charge in [-0.3, -0.25) is 4.79 Å². The smallest absolute Gasteiger partial charge is 0.220 e. The van der Waals surface area contributed by atoms with E-state index in [2.05, 4.69) is 19.2 Å². The van der Waals surface area contributed by atoms with Crippen molar-refractivity contribution in [2.24, 2.45) is 29.1 Å². The predicted octanol–water partition coefficient (Wildman–Crippen LogP) is 3.37. The first kappa shape index (κ1) is 12.5. The molecule has 0 atom stereocenters. The number of carbonyl (C=O) groups is 1. The summed E-state index contributed by atoms with van der Waals surface area (Å²) in [6, 6.07) is 0. The molecule has 0 aliphatic heterocycles. The summed E-state index contributed by atoms with van der Waals surface area (Å²) < 4.78 is 0. The lowest BCUT2D eigenvalue weighted by Crippen LogP contribution is -2.51. The molecule has 1 N–H and O–H groups in total. The highest BCUT2D eigenvalue weighted by Crippen LogP contribution is 2.59. The topological polar surface area (TPSA) is 29.1 Å². The lowest BCUT2D eigenvalue weighted by molar-refractivity contribution is -0.124. The van der Waals surface area contributed by atoms with Crippen molar-refractivity contribution in [1.29, 1.82) is 0 Å². The lowest BCUT2D eigenvalue weighted by atomic mass is 9.49. The van der Waals surface area contributed by atoms with Crippen LogP contribution in [0.4, 0.5) is 0 Å². The molecule has 0 aromatic carbocycles. The fraction of sp³-hybridized carbons (Fsp3) is 0.938. The van der Waals surface area contributed by atoms with Gasteiger partial charge >= 0.3 is 0 Å². The molecular formula is C16H27NO. The van der Waals surface area contributed by atoms with Crippen LogP contribution in [0.25, 0.3) is 0 Å². The molecule has 0 aromatic rings. The Kier molecular flexibility index (Phi) is 3.15. The highest BCUT2D eigenvalue weighted by atomic mass is 16.1. The van der Waals surface area contributed by atoms with E-state index in [4.69, 9.17) is 0 Å². The zero-order valence-electron chi connectivity index (χ0n) is 11.9. The first-order chi connectivity index (χ1) is 8.55. The van der Waals surface area contributed by atoms with Crippen LogP contribution in [0.1, 0.15) is 58.8 Å². The van der Waals surface area contributed by atoms with Gasteiger partial charge in [0.15, 0.2) is 0 Å². The van der Waals surface area contributed by atoms with Crippen molar-refractivity contribution in [3.63, 3.8) is 0 Å². The molecule has 2 heteroatoms. The molecule has 0 heterocycles. The zero-order chi connectivity index (χ0) is 12.8. The van der Waals surface area contributed by atoms with E-state index in [9.17, 15) is 4.79 Å². The van der Waals surface area contributed by atoms with E-state index in [0.717, 1.165) is 24.3 Å². The number of carbonyl (C=O) groups excluding carboxylic acids is 1. The van der Waals surface area contributed by atoms with Crippen molar-refractivity contribution in [2.75, 3.05) is 6.54 Å². The van der Waals surface area contributed by atoms with Gasteiger partial charge in [-0.1, -0.05) is 13.8 Å². The third kappa shape index (κ3) is 2.44. The molecule has 4 aliphatic carbocycles. The second kappa shape index (κ2) is 4.54. The summed E-state index contributed by atoms with van der Waals surface area (Å²) in [7, 11) is 0. The SMILES string of the molecule is CC(C)CC(=O)NCC12CC3CC(CC(C3)C1)C2. The second-order valence-electron chi connectivity index (χ2n) is 7.79. The summed E-state index contributed by atoms with van der Waals surface area (Å²) in [6.07, 6.45) is 9.31. The first-order valence-electron chi connectivity index (χ1n) is 7.81. The Morgan fingerprint density at radius 3 is 2.06 bits per heavy atom. The minimum atomic E-state index is 0.265. The minimum Gasteiger partial charge on any atom is -0.356 e. The molecule has 0 spiro atoms. The van der Waals surface area contributed by atoms with Crippen molar-refractivity contribution >= 4 is 5.91 Å². The average Bonchev–Trinajstić information content (AvgIpc) is 2.23. The Morgan fingerprint density at radius 2 is 1.61 bits per heavy atom. The van der Waals surface area contributed by atoms with Gasteiger partial charge in [0.05, 0.1) is 0 Å². The highest BCUT2D eigenvalue weighted by molar-refractivity contribution is 5.76. The third-order valence-corrected chi connectivity index (χ3v) is 5.42. The van der Waals surface area contributed by atoms with E-state index >= 15 is 0 Å². The van der Waals surface area contributed by atoms with Gasteiger partial charge in [0.25, 0.3) is 0 Å². The standard InChI is InChI=1S/C16H27NO/c1-11(2)3-15(18)17-10-16-7-12-4-13(8-16)6-14(5-12)9-16/h11-14H,3-10H2,1-2H3,(H,17,18). The zero-order valence-corrected chi connectivity index (χ0v) is 11.9. The van der Waals surface area contributed by atoms with Gasteiger partial charge in [0.1, 0.15) is 0 Å². The van der Waals surface area contributed by atoms with E-state index < -0.39 is 0 Å². The second-order valence-corrected chi connectivity index (χ2v) is 7.79. The lowest BCUT2D eigenvalue weighted by Gasteiger charge is -2.56. The average molecular weight is 249 g/mol. The van der Waals surface area contributed by atoms with Crippen LogP contribution in [0.15, 0.2) is 0 Å². The maximum atomic E-state index is 11.8. The molecule has 0 aromatic heterocycles. The summed E-state index contributed by atoms with van der Waals surface area (Å²) in [5.74, 6) is 3.69. The van der Waals surface area contributed by atoms with Gasteiger partial charge in [-0.15, -0.1) is 0 Å². The van der Waals surface area contributed by atoms with Crippen LogP contribution >= 0.6 is 0 Å². The van der Waals surface area contributed by atoms with Crippen LogP contribution < -0.4 is 5.32 Å². The molecule has 4 fully saturated rings. The molecular weight excluding hydrogens is 222 g/mol. The largest absolute Gasteiger partial charge is 0.356 e. The van der Waals surface area contributed by atoms with E-state index in [1.807, 2.05) is 0 Å². The van der Waals surface area contributed by atoms with Gasteiger partial charge in [-0.25, -0.2) is 0 Å². The molecule has 2 nitrogen and oxygen atoms in total. The van der Waals surface area contributed by atoms with Crippen LogP contribution in [0.5, 0.6) is 0 Å². The number of amides is 1. The highest BCUT2D eigenvalue weighted by Gasteiger charge is 2.50.